The number of benzene rings is 2. The zero-order chi connectivity index (χ0) is 19.6. The van der Waals surface area contributed by atoms with Crippen LogP contribution in [0.3, 0.4) is 0 Å². The number of rotatable bonds is 4. The lowest BCUT2D eigenvalue weighted by Gasteiger charge is -2.08. The van der Waals surface area contributed by atoms with Gasteiger partial charge in [-0.05, 0) is 29.2 Å². The molecule has 5 nitrogen and oxygen atoms in total. The highest BCUT2D eigenvalue weighted by Gasteiger charge is 2.25. The van der Waals surface area contributed by atoms with Crippen molar-refractivity contribution in [1.29, 1.82) is 5.26 Å². The summed E-state index contributed by atoms with van der Waals surface area (Å²) < 4.78 is 1.59. The van der Waals surface area contributed by atoms with Gasteiger partial charge in [0.15, 0.2) is 0 Å². The normalized spacial score (nSPS) is 10.2. The van der Waals surface area contributed by atoms with E-state index in [2.05, 4.69) is 10.9 Å². The fraction of sp³-hybridized carbons (Fsp3) is 0.136. The van der Waals surface area contributed by atoms with Crippen LogP contribution < -0.4 is 0 Å². The molecule has 5 heteroatoms. The Morgan fingerprint density at radius 2 is 1.81 bits per heavy atom. The average molecular weight is 355 g/mol. The average Bonchev–Trinajstić information content (AvgIpc) is 2.99. The Labute approximate surface area is 157 Å². The van der Waals surface area contributed by atoms with Crippen molar-refractivity contribution >= 4 is 11.7 Å². The number of nitrogens with zero attached hydrogens (tertiary/aromatic N) is 3. The predicted molar refractivity (Wildman–Crippen MR) is 104 cm³/mol. The summed E-state index contributed by atoms with van der Waals surface area (Å²) in [5.74, 6) is -1.06. The first kappa shape index (κ1) is 18.0. The van der Waals surface area contributed by atoms with Gasteiger partial charge in [0, 0.05) is 18.3 Å². The summed E-state index contributed by atoms with van der Waals surface area (Å²) in [6.07, 6.45) is 0.572. The van der Waals surface area contributed by atoms with Crippen LogP contribution in [-0.4, -0.2) is 15.6 Å². The molecule has 1 N–H and O–H groups in total. The first-order chi connectivity index (χ1) is 13.0. The summed E-state index contributed by atoms with van der Waals surface area (Å²) in [6, 6.07) is 16.8. The molecule has 0 unspecified atom stereocenters. The van der Waals surface area contributed by atoms with E-state index in [1.807, 2.05) is 37.3 Å². The molecule has 0 aliphatic heterocycles. The Kier molecular flexibility index (Phi) is 4.79. The van der Waals surface area contributed by atoms with Crippen LogP contribution in [0.1, 0.15) is 28.7 Å². The van der Waals surface area contributed by atoms with Gasteiger partial charge in [-0.1, -0.05) is 49.4 Å². The standard InChI is InChI=1S/C22H17N3O2/c1-4-18-20(24-2)19(21(22(26)27)25(18)3)15-11-9-14(10-12-15)17-8-6-5-7-16(17)13-23/h5-12H,4H2,1,3H3,(H,26,27). The van der Waals surface area contributed by atoms with Crippen LogP contribution in [-0.2, 0) is 13.5 Å². The minimum atomic E-state index is -1.06. The predicted octanol–water partition coefficient (Wildman–Crippen LogP) is 5.04. The molecule has 0 bridgehead atoms. The molecule has 0 saturated carbocycles. The van der Waals surface area contributed by atoms with E-state index >= 15 is 0 Å². The molecule has 0 fully saturated rings. The fourth-order valence-electron chi connectivity index (χ4n) is 3.42. The van der Waals surface area contributed by atoms with Gasteiger partial charge < -0.3 is 9.67 Å². The van der Waals surface area contributed by atoms with Crippen LogP contribution in [0, 0.1) is 17.9 Å². The Balaban J connectivity index is 2.18. The lowest BCUT2D eigenvalue weighted by molar-refractivity contribution is 0.0687. The highest BCUT2D eigenvalue weighted by atomic mass is 16.4. The van der Waals surface area contributed by atoms with Crippen molar-refractivity contribution in [2.45, 2.75) is 13.3 Å². The molecule has 1 heterocycles. The quantitative estimate of drug-likeness (QED) is 0.666. The third kappa shape index (κ3) is 2.96. The van der Waals surface area contributed by atoms with Crippen molar-refractivity contribution in [3.63, 3.8) is 0 Å². The number of aromatic nitrogens is 1. The Hall–Kier alpha value is -3.83. The summed E-state index contributed by atoms with van der Waals surface area (Å²) in [5.41, 5.74) is 4.57. The number of carboxylic acid groups (broad SMARTS) is 1. The molecular formula is C22H17N3O2. The Bertz CT molecular complexity index is 1110. The first-order valence-electron chi connectivity index (χ1n) is 8.45. The minimum absolute atomic E-state index is 0.114. The molecule has 0 saturated heterocycles. The van der Waals surface area contributed by atoms with Gasteiger partial charge in [0.1, 0.15) is 5.69 Å². The molecule has 0 amide bonds. The van der Waals surface area contributed by atoms with E-state index < -0.39 is 5.97 Å². The zero-order valence-corrected chi connectivity index (χ0v) is 15.0. The summed E-state index contributed by atoms with van der Waals surface area (Å²) in [7, 11) is 1.68. The van der Waals surface area contributed by atoms with Crippen LogP contribution in [0.4, 0.5) is 5.69 Å². The lowest BCUT2D eigenvalue weighted by atomic mass is 9.96. The number of carboxylic acids is 1. The number of nitriles is 1. The maximum absolute atomic E-state index is 11.8. The third-order valence-corrected chi connectivity index (χ3v) is 4.67. The van der Waals surface area contributed by atoms with Crippen molar-refractivity contribution in [1.82, 2.24) is 4.57 Å². The zero-order valence-electron chi connectivity index (χ0n) is 15.0. The molecule has 0 aliphatic rings. The summed E-state index contributed by atoms with van der Waals surface area (Å²) in [5, 5.41) is 19.0. The minimum Gasteiger partial charge on any atom is -0.477 e. The van der Waals surface area contributed by atoms with Crippen molar-refractivity contribution < 1.29 is 9.90 Å². The molecule has 3 aromatic rings. The summed E-state index contributed by atoms with van der Waals surface area (Å²) in [4.78, 5) is 15.4. The monoisotopic (exact) mass is 355 g/mol. The van der Waals surface area contributed by atoms with Crippen LogP contribution >= 0.6 is 0 Å². The van der Waals surface area contributed by atoms with E-state index in [9.17, 15) is 15.2 Å². The second-order valence-electron chi connectivity index (χ2n) is 6.08. The van der Waals surface area contributed by atoms with Crippen LogP contribution in [0.5, 0.6) is 0 Å². The molecule has 3 rings (SSSR count). The highest BCUT2D eigenvalue weighted by Crippen LogP contribution is 2.40. The molecular weight excluding hydrogens is 338 g/mol. The van der Waals surface area contributed by atoms with Crippen molar-refractivity contribution in [2.75, 3.05) is 0 Å². The van der Waals surface area contributed by atoms with Gasteiger partial charge in [0.25, 0.3) is 0 Å². The third-order valence-electron chi connectivity index (χ3n) is 4.67. The maximum atomic E-state index is 11.8. The smallest absolute Gasteiger partial charge is 0.351 e. The fourth-order valence-corrected chi connectivity index (χ4v) is 3.42. The van der Waals surface area contributed by atoms with E-state index in [1.54, 1.807) is 29.8 Å². The number of hydrogen-bond donors (Lipinski definition) is 1. The van der Waals surface area contributed by atoms with Crippen LogP contribution in [0.2, 0.25) is 0 Å². The van der Waals surface area contributed by atoms with E-state index in [0.717, 1.165) is 11.1 Å². The second-order valence-corrected chi connectivity index (χ2v) is 6.08. The summed E-state index contributed by atoms with van der Waals surface area (Å²) in [6.45, 7) is 9.45. The van der Waals surface area contributed by atoms with Gasteiger partial charge in [-0.2, -0.15) is 5.26 Å². The van der Waals surface area contributed by atoms with Gasteiger partial charge in [-0.25, -0.2) is 9.64 Å². The highest BCUT2D eigenvalue weighted by molar-refractivity contribution is 6.01. The number of hydrogen-bond acceptors (Lipinski definition) is 2. The van der Waals surface area contributed by atoms with Crippen LogP contribution in [0.25, 0.3) is 27.1 Å². The maximum Gasteiger partial charge on any atom is 0.351 e. The number of aromatic carboxylic acids is 1. The van der Waals surface area contributed by atoms with E-state index in [1.165, 1.54) is 0 Å². The van der Waals surface area contributed by atoms with Crippen molar-refractivity contribution in [2.24, 2.45) is 7.05 Å². The SMILES string of the molecule is [C-]#[N+]c1c(-c2ccc(-c3ccccc3C#N)cc2)c(C(=O)O)n(C)c1CC. The van der Waals surface area contributed by atoms with E-state index in [4.69, 9.17) is 6.57 Å². The largest absolute Gasteiger partial charge is 0.477 e. The number of carbonyl (C=O) groups is 1. The van der Waals surface area contributed by atoms with Gasteiger partial charge in [-0.15, -0.1) is 0 Å². The van der Waals surface area contributed by atoms with Crippen molar-refractivity contribution in [3.8, 4) is 28.3 Å². The molecule has 132 valence electrons. The second kappa shape index (κ2) is 7.19. The first-order valence-corrected chi connectivity index (χ1v) is 8.45. The Morgan fingerprint density at radius 3 is 2.37 bits per heavy atom. The molecule has 1 aromatic heterocycles. The Morgan fingerprint density at radius 1 is 1.19 bits per heavy atom. The lowest BCUT2D eigenvalue weighted by Crippen LogP contribution is -2.07. The summed E-state index contributed by atoms with van der Waals surface area (Å²) >= 11 is 0. The molecule has 27 heavy (non-hydrogen) atoms. The van der Waals surface area contributed by atoms with Crippen LogP contribution in [0.15, 0.2) is 48.5 Å². The molecule has 0 spiro atoms. The molecule has 0 atom stereocenters. The van der Waals surface area contributed by atoms with Gasteiger partial charge >= 0.3 is 5.97 Å². The molecule has 0 radical (unpaired) electrons. The van der Waals surface area contributed by atoms with Gasteiger partial charge in [-0.3, -0.25) is 0 Å². The van der Waals surface area contributed by atoms with Crippen molar-refractivity contribution in [3.05, 3.63) is 76.9 Å². The van der Waals surface area contributed by atoms with Gasteiger partial charge in [0.05, 0.1) is 18.2 Å². The van der Waals surface area contributed by atoms with E-state index in [0.29, 0.717) is 34.5 Å². The molecule has 2 aromatic carbocycles. The topological polar surface area (TPSA) is 70.4 Å². The molecule has 0 aliphatic carbocycles. The van der Waals surface area contributed by atoms with Gasteiger partial charge in [0.2, 0.25) is 5.69 Å². The van der Waals surface area contributed by atoms with E-state index in [-0.39, 0.29) is 5.69 Å².